The summed E-state index contributed by atoms with van der Waals surface area (Å²) in [5.41, 5.74) is 0. The largest absolute Gasteiger partial charge is 0.151 e. The molecule has 0 aromatic carbocycles. The van der Waals surface area contributed by atoms with Crippen LogP contribution in [0.15, 0.2) is 17.8 Å². The summed E-state index contributed by atoms with van der Waals surface area (Å²) in [5.74, 6) is 0.475. The molecular weight excluding hydrogens is 150 g/mol. The van der Waals surface area contributed by atoms with Crippen molar-refractivity contribution in [2.75, 3.05) is 0 Å². The minimum atomic E-state index is 0.0606. The fraction of sp³-hybridized carbons (Fsp3) is 0.800. The van der Waals surface area contributed by atoms with Crippen LogP contribution in [0.5, 0.6) is 0 Å². The van der Waals surface area contributed by atoms with Gasteiger partial charge in [-0.2, -0.15) is 4.91 Å². The Morgan fingerprint density at radius 2 is 2.08 bits per heavy atom. The summed E-state index contributed by atoms with van der Waals surface area (Å²) in [6, 6.07) is 0.0606. The van der Waals surface area contributed by atoms with Crippen LogP contribution in [-0.2, 0) is 0 Å². The Morgan fingerprint density at radius 1 is 1.33 bits per heavy atom. The maximum absolute atomic E-state index is 10.5. The lowest BCUT2D eigenvalue weighted by Crippen LogP contribution is -2.15. The molecule has 0 spiro atoms. The van der Waals surface area contributed by atoms with Gasteiger partial charge < -0.3 is 0 Å². The van der Waals surface area contributed by atoms with Crippen LogP contribution >= 0.6 is 0 Å². The monoisotopic (exact) mass is 167 g/mol. The molecule has 1 fully saturated rings. The van der Waals surface area contributed by atoms with E-state index < -0.39 is 0 Å². The van der Waals surface area contributed by atoms with Crippen molar-refractivity contribution in [2.45, 2.75) is 44.6 Å². The highest BCUT2D eigenvalue weighted by molar-refractivity contribution is 4.84. The topological polar surface area (TPSA) is 29.4 Å². The van der Waals surface area contributed by atoms with Gasteiger partial charge in [0.15, 0.2) is 0 Å². The van der Waals surface area contributed by atoms with Gasteiger partial charge in [0.25, 0.3) is 0 Å². The third kappa shape index (κ3) is 2.43. The molecule has 2 atom stereocenters. The standard InChI is InChI=1S/C10H17NO/c1-2-6-9-7-4-3-5-8-10(9)11-12/h2,9-10H,1,3-8H2. The van der Waals surface area contributed by atoms with E-state index in [4.69, 9.17) is 0 Å². The third-order valence-corrected chi connectivity index (χ3v) is 2.72. The zero-order valence-corrected chi connectivity index (χ0v) is 7.54. The second-order valence-electron chi connectivity index (χ2n) is 3.60. The first-order valence-electron chi connectivity index (χ1n) is 4.82. The average molecular weight is 167 g/mol. The van der Waals surface area contributed by atoms with Crippen molar-refractivity contribution in [2.24, 2.45) is 11.1 Å². The highest BCUT2D eigenvalue weighted by Crippen LogP contribution is 2.28. The molecule has 0 heterocycles. The molecule has 0 aromatic heterocycles. The van der Waals surface area contributed by atoms with Crippen LogP contribution in [0.25, 0.3) is 0 Å². The van der Waals surface area contributed by atoms with Gasteiger partial charge in [-0.15, -0.1) is 6.58 Å². The van der Waals surface area contributed by atoms with Crippen molar-refractivity contribution in [3.63, 3.8) is 0 Å². The first-order valence-corrected chi connectivity index (χ1v) is 4.82. The van der Waals surface area contributed by atoms with E-state index in [-0.39, 0.29) is 6.04 Å². The van der Waals surface area contributed by atoms with E-state index in [1.54, 1.807) is 0 Å². The highest BCUT2D eigenvalue weighted by Gasteiger charge is 2.22. The maximum atomic E-state index is 10.5. The fourth-order valence-corrected chi connectivity index (χ4v) is 1.99. The van der Waals surface area contributed by atoms with Crippen molar-refractivity contribution >= 4 is 0 Å². The SMILES string of the molecule is C=CCC1CCCCCC1N=O. The maximum Gasteiger partial charge on any atom is 0.0950 e. The van der Waals surface area contributed by atoms with Crippen LogP contribution in [0.1, 0.15) is 38.5 Å². The van der Waals surface area contributed by atoms with E-state index in [0.29, 0.717) is 5.92 Å². The van der Waals surface area contributed by atoms with Crippen molar-refractivity contribution in [3.8, 4) is 0 Å². The van der Waals surface area contributed by atoms with E-state index in [9.17, 15) is 4.91 Å². The van der Waals surface area contributed by atoms with Crippen LogP contribution in [0.4, 0.5) is 0 Å². The van der Waals surface area contributed by atoms with Crippen LogP contribution in [0.2, 0.25) is 0 Å². The van der Waals surface area contributed by atoms with Crippen LogP contribution in [-0.4, -0.2) is 6.04 Å². The molecule has 0 amide bonds. The zero-order chi connectivity index (χ0) is 8.81. The van der Waals surface area contributed by atoms with Gasteiger partial charge in [-0.1, -0.05) is 30.5 Å². The second-order valence-corrected chi connectivity index (χ2v) is 3.60. The lowest BCUT2D eigenvalue weighted by molar-refractivity contribution is 0.401. The van der Waals surface area contributed by atoms with E-state index in [1.807, 2.05) is 6.08 Å². The molecule has 1 saturated carbocycles. The van der Waals surface area contributed by atoms with E-state index in [0.717, 1.165) is 19.3 Å². The molecule has 0 aliphatic heterocycles. The van der Waals surface area contributed by atoms with Crippen molar-refractivity contribution in [1.82, 2.24) is 0 Å². The zero-order valence-electron chi connectivity index (χ0n) is 7.54. The molecule has 2 nitrogen and oxygen atoms in total. The number of allylic oxidation sites excluding steroid dienone is 1. The average Bonchev–Trinajstić information content (AvgIpc) is 2.30. The minimum Gasteiger partial charge on any atom is -0.151 e. The van der Waals surface area contributed by atoms with E-state index >= 15 is 0 Å². The summed E-state index contributed by atoms with van der Waals surface area (Å²) >= 11 is 0. The molecule has 12 heavy (non-hydrogen) atoms. The molecule has 0 radical (unpaired) electrons. The minimum absolute atomic E-state index is 0.0606. The first-order chi connectivity index (χ1) is 5.88. The molecule has 1 rings (SSSR count). The quantitative estimate of drug-likeness (QED) is 0.360. The molecule has 2 heteroatoms. The van der Waals surface area contributed by atoms with E-state index in [2.05, 4.69) is 11.8 Å². The molecule has 0 bridgehead atoms. The van der Waals surface area contributed by atoms with Gasteiger partial charge in [-0.25, -0.2) is 0 Å². The van der Waals surface area contributed by atoms with Crippen molar-refractivity contribution in [3.05, 3.63) is 17.6 Å². The number of nitroso groups, excluding NO2 is 1. The van der Waals surface area contributed by atoms with Gasteiger partial charge in [-0.3, -0.25) is 0 Å². The second kappa shape index (κ2) is 5.07. The molecule has 68 valence electrons. The summed E-state index contributed by atoms with van der Waals surface area (Å²) in [4.78, 5) is 10.5. The molecule has 2 unspecified atom stereocenters. The van der Waals surface area contributed by atoms with Crippen LogP contribution in [0.3, 0.4) is 0 Å². The Hall–Kier alpha value is -0.660. The van der Waals surface area contributed by atoms with Gasteiger partial charge >= 0.3 is 0 Å². The predicted octanol–water partition coefficient (Wildman–Crippen LogP) is 3.28. The van der Waals surface area contributed by atoms with Gasteiger partial charge in [0.2, 0.25) is 0 Å². The smallest absolute Gasteiger partial charge is 0.0950 e. The summed E-state index contributed by atoms with van der Waals surface area (Å²) in [5, 5.41) is 3.21. The molecular formula is C10H17NO. The van der Waals surface area contributed by atoms with E-state index in [1.165, 1.54) is 19.3 Å². The molecule has 1 aliphatic carbocycles. The number of hydrogen-bond acceptors (Lipinski definition) is 2. The Morgan fingerprint density at radius 3 is 2.75 bits per heavy atom. The molecule has 0 saturated heterocycles. The number of hydrogen-bond donors (Lipinski definition) is 0. The Kier molecular flexibility index (Phi) is 3.98. The Labute approximate surface area is 74.0 Å². The summed E-state index contributed by atoms with van der Waals surface area (Å²) in [7, 11) is 0. The summed E-state index contributed by atoms with van der Waals surface area (Å²) in [6.45, 7) is 3.71. The number of rotatable bonds is 3. The van der Waals surface area contributed by atoms with Crippen molar-refractivity contribution in [1.29, 1.82) is 0 Å². The van der Waals surface area contributed by atoms with Gasteiger partial charge in [0.05, 0.1) is 6.04 Å². The lowest BCUT2D eigenvalue weighted by Gasteiger charge is -2.16. The number of nitrogens with zero attached hydrogens (tertiary/aromatic N) is 1. The van der Waals surface area contributed by atoms with Crippen LogP contribution < -0.4 is 0 Å². The van der Waals surface area contributed by atoms with Gasteiger partial charge in [0, 0.05) is 0 Å². The third-order valence-electron chi connectivity index (χ3n) is 2.72. The fourth-order valence-electron chi connectivity index (χ4n) is 1.99. The molecule has 0 N–H and O–H groups in total. The summed E-state index contributed by atoms with van der Waals surface area (Å²) < 4.78 is 0. The molecule has 0 aromatic rings. The lowest BCUT2D eigenvalue weighted by atomic mass is 9.92. The molecule has 1 aliphatic rings. The highest BCUT2D eigenvalue weighted by atomic mass is 16.3. The van der Waals surface area contributed by atoms with Gasteiger partial charge in [-0.05, 0) is 25.2 Å². The Balaban J connectivity index is 2.50. The summed E-state index contributed by atoms with van der Waals surface area (Å²) in [6.07, 6.45) is 8.70. The predicted molar refractivity (Wildman–Crippen MR) is 51.0 cm³/mol. The normalized spacial score (nSPS) is 30.7. The Bertz CT molecular complexity index is 156. The van der Waals surface area contributed by atoms with Crippen molar-refractivity contribution < 1.29 is 0 Å². The first kappa shape index (κ1) is 9.43. The van der Waals surface area contributed by atoms with Crippen LogP contribution in [0, 0.1) is 10.8 Å². The van der Waals surface area contributed by atoms with Gasteiger partial charge in [0.1, 0.15) is 0 Å².